The van der Waals surface area contributed by atoms with Crippen molar-refractivity contribution in [1.82, 2.24) is 0 Å². The van der Waals surface area contributed by atoms with Crippen LogP contribution in [0.5, 0.6) is 0 Å². The quantitative estimate of drug-likeness (QED) is 0.116. The molecule has 0 fully saturated rings. The van der Waals surface area contributed by atoms with Gasteiger partial charge in [-0.15, -0.1) is 11.8 Å². The van der Waals surface area contributed by atoms with E-state index in [1.165, 1.54) is 102 Å². The van der Waals surface area contributed by atoms with Gasteiger partial charge in [0.1, 0.15) is 10.00 Å². The highest BCUT2D eigenvalue weighted by Crippen LogP contribution is 2.40. The summed E-state index contributed by atoms with van der Waals surface area (Å²) in [5, 5.41) is 18.8. The van der Waals surface area contributed by atoms with Gasteiger partial charge < -0.3 is 10.2 Å². The lowest BCUT2D eigenvalue weighted by Crippen LogP contribution is -2.38. The van der Waals surface area contributed by atoms with Crippen molar-refractivity contribution in [3.05, 3.63) is 0 Å². The number of unbranched alkanes of at least 4 members (excludes halogenated alkanes) is 18. The molecule has 0 aliphatic rings. The molecule has 0 saturated carbocycles. The van der Waals surface area contributed by atoms with Crippen molar-refractivity contribution < 1.29 is 19.8 Å². The molecule has 0 saturated heterocycles. The van der Waals surface area contributed by atoms with Crippen LogP contribution in [0, 0.1) is 0 Å². The molecule has 4 nitrogen and oxygen atoms in total. The average Bonchev–Trinajstić information content (AvgIpc) is 2.80. The highest BCUT2D eigenvalue weighted by molar-refractivity contribution is 8.02. The van der Waals surface area contributed by atoms with Gasteiger partial charge in [-0.2, -0.15) is 0 Å². The maximum Gasteiger partial charge on any atom is 0.319 e. The normalized spacial score (nSPS) is 12.7. The molecule has 0 aromatic carbocycles. The Morgan fingerprint density at radius 1 is 0.588 bits per heavy atom. The molecule has 0 aromatic heterocycles. The predicted molar refractivity (Wildman–Crippen MR) is 148 cm³/mol. The third kappa shape index (κ3) is 17.7. The molecule has 0 amide bonds. The van der Waals surface area contributed by atoms with Crippen LogP contribution in [-0.4, -0.2) is 32.1 Å². The molecule has 2 N–H and O–H groups in total. The van der Waals surface area contributed by atoms with Crippen LogP contribution >= 0.6 is 11.8 Å². The molecular formula is C29H56O4S. The van der Waals surface area contributed by atoms with Crippen molar-refractivity contribution in [1.29, 1.82) is 0 Å². The predicted octanol–water partition coefficient (Wildman–Crippen LogP) is 9.64. The summed E-state index contributed by atoms with van der Waals surface area (Å²) in [5.41, 5.74) is 0. The Balaban J connectivity index is 4.38. The van der Waals surface area contributed by atoms with E-state index in [9.17, 15) is 19.8 Å². The molecular weight excluding hydrogens is 444 g/mol. The van der Waals surface area contributed by atoms with Crippen molar-refractivity contribution in [2.45, 2.75) is 172 Å². The van der Waals surface area contributed by atoms with Gasteiger partial charge >= 0.3 is 11.9 Å². The van der Waals surface area contributed by atoms with Crippen molar-refractivity contribution in [3.63, 3.8) is 0 Å². The molecule has 202 valence electrons. The Bertz CT molecular complexity index is 471. The number of rotatable bonds is 26. The van der Waals surface area contributed by atoms with Crippen LogP contribution in [0.2, 0.25) is 0 Å². The van der Waals surface area contributed by atoms with Crippen molar-refractivity contribution in [2.24, 2.45) is 0 Å². The molecule has 0 heterocycles. The van der Waals surface area contributed by atoms with Crippen molar-refractivity contribution in [3.8, 4) is 0 Å². The maximum atomic E-state index is 12.3. The Labute approximate surface area is 215 Å². The van der Waals surface area contributed by atoms with Gasteiger partial charge in [-0.25, -0.2) is 0 Å². The van der Waals surface area contributed by atoms with E-state index in [0.29, 0.717) is 12.8 Å². The molecule has 0 radical (unpaired) electrons. The molecule has 34 heavy (non-hydrogen) atoms. The second-order valence-corrected chi connectivity index (χ2v) is 12.0. The summed E-state index contributed by atoms with van der Waals surface area (Å²) < 4.78 is -0.960. The van der Waals surface area contributed by atoms with E-state index in [4.69, 9.17) is 0 Å². The molecule has 5 heteroatoms. The van der Waals surface area contributed by atoms with Gasteiger partial charge in [0.15, 0.2) is 0 Å². The van der Waals surface area contributed by atoms with Gasteiger partial charge in [-0.1, -0.05) is 142 Å². The van der Waals surface area contributed by atoms with Crippen LogP contribution in [0.25, 0.3) is 0 Å². The second-order valence-electron chi connectivity index (χ2n) is 10.3. The molecule has 1 unspecified atom stereocenters. The van der Waals surface area contributed by atoms with Crippen LogP contribution in [0.4, 0.5) is 0 Å². The zero-order valence-electron chi connectivity index (χ0n) is 22.8. The topological polar surface area (TPSA) is 74.6 Å². The molecule has 0 aromatic rings. The lowest BCUT2D eigenvalue weighted by Gasteiger charge is -2.30. The molecule has 1 atom stereocenters. The molecule has 0 aliphatic carbocycles. The Morgan fingerprint density at radius 3 is 1.15 bits per heavy atom. The SMILES string of the molecule is CCCCCCCCCCCCC(CCCCCCCCCCCC)(SC(C)C(=O)O)C(=O)O. The number of carboxylic acid groups (broad SMARTS) is 2. The number of hydrogen-bond donors (Lipinski definition) is 2. The van der Waals surface area contributed by atoms with Gasteiger partial charge in [-0.05, 0) is 19.8 Å². The third-order valence-corrected chi connectivity index (χ3v) is 8.60. The fourth-order valence-electron chi connectivity index (χ4n) is 4.69. The Morgan fingerprint density at radius 2 is 0.882 bits per heavy atom. The van der Waals surface area contributed by atoms with Gasteiger partial charge in [0.25, 0.3) is 0 Å². The van der Waals surface area contributed by atoms with E-state index in [1.54, 1.807) is 6.92 Å². The summed E-state index contributed by atoms with van der Waals surface area (Å²) in [6.45, 7) is 6.11. The van der Waals surface area contributed by atoms with Crippen LogP contribution in [0.3, 0.4) is 0 Å². The minimum Gasteiger partial charge on any atom is -0.480 e. The van der Waals surface area contributed by atoms with Crippen LogP contribution < -0.4 is 0 Å². The zero-order chi connectivity index (χ0) is 25.5. The van der Waals surface area contributed by atoms with Crippen LogP contribution in [0.1, 0.15) is 162 Å². The summed E-state index contributed by atoms with van der Waals surface area (Å²) in [6.07, 6.45) is 25.5. The first-order chi connectivity index (χ1) is 16.4. The lowest BCUT2D eigenvalue weighted by atomic mass is 9.93. The number of carbonyl (C=O) groups is 2. The highest BCUT2D eigenvalue weighted by atomic mass is 32.2. The fourth-order valence-corrected chi connectivity index (χ4v) is 6.09. The highest BCUT2D eigenvalue weighted by Gasteiger charge is 2.40. The van der Waals surface area contributed by atoms with Gasteiger partial charge in [0, 0.05) is 0 Å². The van der Waals surface area contributed by atoms with Gasteiger partial charge in [0.05, 0.1) is 0 Å². The summed E-state index contributed by atoms with van der Waals surface area (Å²) in [7, 11) is 0. The smallest absolute Gasteiger partial charge is 0.319 e. The number of hydrogen-bond acceptors (Lipinski definition) is 3. The number of aliphatic carboxylic acids is 2. The zero-order valence-corrected chi connectivity index (χ0v) is 23.6. The number of thioether (sulfide) groups is 1. The first kappa shape index (κ1) is 33.3. The fraction of sp³-hybridized carbons (Fsp3) is 0.931. The Kier molecular flexibility index (Phi) is 22.3. The minimum absolute atomic E-state index is 0.582. The maximum absolute atomic E-state index is 12.3. The van der Waals surface area contributed by atoms with Crippen molar-refractivity contribution >= 4 is 23.7 Å². The first-order valence-corrected chi connectivity index (χ1v) is 15.4. The van der Waals surface area contributed by atoms with Gasteiger partial charge in [-0.3, -0.25) is 9.59 Å². The summed E-state index contributed by atoms with van der Waals surface area (Å²) in [5.74, 6) is -1.74. The largest absolute Gasteiger partial charge is 0.480 e. The third-order valence-electron chi connectivity index (χ3n) is 7.01. The van der Waals surface area contributed by atoms with Gasteiger partial charge in [0.2, 0.25) is 0 Å². The first-order valence-electron chi connectivity index (χ1n) is 14.5. The molecule has 0 spiro atoms. The van der Waals surface area contributed by atoms with Crippen LogP contribution in [0.15, 0.2) is 0 Å². The lowest BCUT2D eigenvalue weighted by molar-refractivity contribution is -0.140. The van der Waals surface area contributed by atoms with E-state index in [-0.39, 0.29) is 0 Å². The molecule has 0 rings (SSSR count). The molecule has 0 aliphatic heterocycles. The monoisotopic (exact) mass is 500 g/mol. The minimum atomic E-state index is -0.960. The Hall–Kier alpha value is -0.710. The number of carboxylic acids is 2. The molecule has 0 bridgehead atoms. The van der Waals surface area contributed by atoms with E-state index in [1.807, 2.05) is 0 Å². The van der Waals surface area contributed by atoms with Crippen LogP contribution in [-0.2, 0) is 9.59 Å². The van der Waals surface area contributed by atoms with E-state index in [0.717, 1.165) is 38.5 Å². The van der Waals surface area contributed by atoms with E-state index < -0.39 is 21.9 Å². The van der Waals surface area contributed by atoms with E-state index in [2.05, 4.69) is 13.8 Å². The standard InChI is InChI=1S/C29H56O4S/c1-4-6-8-10-12-14-16-18-20-22-24-29(28(32)33,34-26(3)27(30)31)25-23-21-19-17-15-13-11-9-7-5-2/h26H,4-25H2,1-3H3,(H,30,31)(H,32,33). The van der Waals surface area contributed by atoms with Crippen molar-refractivity contribution in [2.75, 3.05) is 0 Å². The van der Waals surface area contributed by atoms with E-state index >= 15 is 0 Å². The second kappa shape index (κ2) is 22.7. The average molecular weight is 501 g/mol. The summed E-state index contributed by atoms with van der Waals surface area (Å²) >= 11 is 1.17. The summed E-state index contributed by atoms with van der Waals surface area (Å²) in [4.78, 5) is 23.8. The summed E-state index contributed by atoms with van der Waals surface area (Å²) in [6, 6.07) is 0.